The molecule has 2 N–H and O–H groups in total. The SMILES string of the molecule is CCn1ncnc1CN1CCC(OCCN)CC1. The standard InChI is InChI=1S/C12H23N5O/c1-2-17-12(14-10-15-17)9-16-6-3-11(4-7-16)18-8-5-13/h10-11H,2-9,13H2,1H3. The van der Waals surface area contributed by atoms with E-state index in [1.807, 2.05) is 4.68 Å². The van der Waals surface area contributed by atoms with Crippen molar-refractivity contribution in [3.8, 4) is 0 Å². The van der Waals surface area contributed by atoms with Crippen LogP contribution in [-0.2, 0) is 17.8 Å². The van der Waals surface area contributed by atoms with E-state index in [4.69, 9.17) is 10.5 Å². The molecule has 0 aliphatic carbocycles. The van der Waals surface area contributed by atoms with Crippen LogP contribution in [0.5, 0.6) is 0 Å². The van der Waals surface area contributed by atoms with E-state index in [0.29, 0.717) is 19.3 Å². The van der Waals surface area contributed by atoms with Gasteiger partial charge in [0.25, 0.3) is 0 Å². The summed E-state index contributed by atoms with van der Waals surface area (Å²) in [5.41, 5.74) is 5.44. The first-order valence-electron chi connectivity index (χ1n) is 6.74. The van der Waals surface area contributed by atoms with E-state index >= 15 is 0 Å². The third-order valence-corrected chi connectivity index (χ3v) is 3.37. The van der Waals surface area contributed by atoms with E-state index in [-0.39, 0.29) is 0 Å². The lowest BCUT2D eigenvalue weighted by atomic mass is 10.1. The van der Waals surface area contributed by atoms with Crippen LogP contribution in [0, 0.1) is 0 Å². The summed E-state index contributed by atoms with van der Waals surface area (Å²) in [4.78, 5) is 6.73. The Morgan fingerprint density at radius 1 is 1.44 bits per heavy atom. The second-order valence-corrected chi connectivity index (χ2v) is 4.63. The molecule has 0 aromatic carbocycles. The fourth-order valence-electron chi connectivity index (χ4n) is 2.34. The van der Waals surface area contributed by atoms with Gasteiger partial charge >= 0.3 is 0 Å². The molecule has 1 saturated heterocycles. The lowest BCUT2D eigenvalue weighted by Gasteiger charge is -2.31. The topological polar surface area (TPSA) is 69.2 Å². The summed E-state index contributed by atoms with van der Waals surface area (Å²) in [5, 5.41) is 4.20. The van der Waals surface area contributed by atoms with Gasteiger partial charge in [0.1, 0.15) is 12.2 Å². The molecular formula is C12H23N5O. The molecular weight excluding hydrogens is 230 g/mol. The second-order valence-electron chi connectivity index (χ2n) is 4.63. The molecule has 6 nitrogen and oxygen atoms in total. The Kier molecular flexibility index (Phi) is 5.10. The molecule has 1 aliphatic rings. The van der Waals surface area contributed by atoms with Crippen LogP contribution < -0.4 is 5.73 Å². The van der Waals surface area contributed by atoms with E-state index in [2.05, 4.69) is 21.9 Å². The molecule has 0 bridgehead atoms. The average molecular weight is 253 g/mol. The summed E-state index contributed by atoms with van der Waals surface area (Å²) in [7, 11) is 0. The maximum Gasteiger partial charge on any atom is 0.140 e. The van der Waals surface area contributed by atoms with Gasteiger partial charge in [0.05, 0.1) is 19.3 Å². The van der Waals surface area contributed by atoms with Crippen molar-refractivity contribution in [3.63, 3.8) is 0 Å². The lowest BCUT2D eigenvalue weighted by Crippen LogP contribution is -2.37. The Balaban J connectivity index is 1.76. The quantitative estimate of drug-likeness (QED) is 0.786. The number of aryl methyl sites for hydroxylation is 1. The van der Waals surface area contributed by atoms with Crippen molar-refractivity contribution >= 4 is 0 Å². The first-order valence-corrected chi connectivity index (χ1v) is 6.74. The van der Waals surface area contributed by atoms with Crippen molar-refractivity contribution in [1.82, 2.24) is 19.7 Å². The van der Waals surface area contributed by atoms with Crippen molar-refractivity contribution in [2.75, 3.05) is 26.2 Å². The fraction of sp³-hybridized carbons (Fsp3) is 0.833. The zero-order chi connectivity index (χ0) is 12.8. The van der Waals surface area contributed by atoms with Gasteiger partial charge < -0.3 is 10.5 Å². The number of nitrogens with zero attached hydrogens (tertiary/aromatic N) is 4. The highest BCUT2D eigenvalue weighted by Gasteiger charge is 2.20. The first kappa shape index (κ1) is 13.5. The van der Waals surface area contributed by atoms with E-state index in [1.165, 1.54) is 0 Å². The van der Waals surface area contributed by atoms with Gasteiger partial charge in [0.2, 0.25) is 0 Å². The molecule has 0 atom stereocenters. The highest BCUT2D eigenvalue weighted by Crippen LogP contribution is 2.15. The van der Waals surface area contributed by atoms with Crippen molar-refractivity contribution in [1.29, 1.82) is 0 Å². The number of hydrogen-bond acceptors (Lipinski definition) is 5. The van der Waals surface area contributed by atoms with Crippen LogP contribution in [0.2, 0.25) is 0 Å². The summed E-state index contributed by atoms with van der Waals surface area (Å²) >= 11 is 0. The van der Waals surface area contributed by atoms with Gasteiger partial charge in [-0.15, -0.1) is 0 Å². The van der Waals surface area contributed by atoms with Crippen LogP contribution in [-0.4, -0.2) is 52.0 Å². The van der Waals surface area contributed by atoms with Crippen molar-refractivity contribution < 1.29 is 4.74 Å². The maximum absolute atomic E-state index is 5.68. The van der Waals surface area contributed by atoms with Crippen molar-refractivity contribution in [3.05, 3.63) is 12.2 Å². The molecule has 0 unspecified atom stereocenters. The second kappa shape index (κ2) is 6.82. The fourth-order valence-corrected chi connectivity index (χ4v) is 2.34. The van der Waals surface area contributed by atoms with Gasteiger partial charge in [-0.2, -0.15) is 5.10 Å². The highest BCUT2D eigenvalue weighted by molar-refractivity contribution is 4.86. The smallest absolute Gasteiger partial charge is 0.140 e. The minimum absolute atomic E-state index is 0.383. The van der Waals surface area contributed by atoms with Crippen molar-refractivity contribution in [2.45, 2.75) is 39.0 Å². The molecule has 0 saturated carbocycles. The van der Waals surface area contributed by atoms with E-state index < -0.39 is 0 Å². The Morgan fingerprint density at radius 2 is 2.22 bits per heavy atom. The largest absolute Gasteiger partial charge is 0.377 e. The zero-order valence-corrected chi connectivity index (χ0v) is 11.1. The van der Waals surface area contributed by atoms with Gasteiger partial charge in [-0.25, -0.2) is 9.67 Å². The molecule has 102 valence electrons. The van der Waals surface area contributed by atoms with E-state index in [9.17, 15) is 0 Å². The third kappa shape index (κ3) is 3.51. The van der Waals surface area contributed by atoms with Gasteiger partial charge in [-0.3, -0.25) is 4.90 Å². The minimum Gasteiger partial charge on any atom is -0.377 e. The molecule has 0 radical (unpaired) electrons. The Hall–Kier alpha value is -0.980. The molecule has 1 aromatic heterocycles. The van der Waals surface area contributed by atoms with Gasteiger partial charge in [0, 0.05) is 26.2 Å². The Labute approximate surface area is 108 Å². The average Bonchev–Trinajstić information content (AvgIpc) is 2.85. The van der Waals surface area contributed by atoms with Crippen LogP contribution >= 0.6 is 0 Å². The summed E-state index contributed by atoms with van der Waals surface area (Å²) in [6, 6.07) is 0. The highest BCUT2D eigenvalue weighted by atomic mass is 16.5. The molecule has 2 heterocycles. The normalized spacial score (nSPS) is 18.3. The van der Waals surface area contributed by atoms with Crippen LogP contribution in [0.15, 0.2) is 6.33 Å². The van der Waals surface area contributed by atoms with Crippen molar-refractivity contribution in [2.24, 2.45) is 5.73 Å². The Bertz CT molecular complexity index is 346. The van der Waals surface area contributed by atoms with Crippen LogP contribution in [0.1, 0.15) is 25.6 Å². The number of rotatable bonds is 6. The molecule has 6 heteroatoms. The number of piperidine rings is 1. The van der Waals surface area contributed by atoms with Crippen LogP contribution in [0.3, 0.4) is 0 Å². The minimum atomic E-state index is 0.383. The summed E-state index contributed by atoms with van der Waals surface area (Å²) in [5.74, 6) is 1.05. The summed E-state index contributed by atoms with van der Waals surface area (Å²) in [6.45, 7) is 7.26. The molecule has 18 heavy (non-hydrogen) atoms. The van der Waals surface area contributed by atoms with E-state index in [1.54, 1.807) is 6.33 Å². The lowest BCUT2D eigenvalue weighted by molar-refractivity contribution is 0.00904. The molecule has 1 aromatic rings. The number of nitrogens with two attached hydrogens (primary N) is 1. The predicted octanol–water partition coefficient (Wildman–Crippen LogP) is 0.238. The molecule has 2 rings (SSSR count). The number of ether oxygens (including phenoxy) is 1. The monoisotopic (exact) mass is 253 g/mol. The number of hydrogen-bond donors (Lipinski definition) is 1. The molecule has 0 amide bonds. The first-order chi connectivity index (χ1) is 8.83. The Morgan fingerprint density at radius 3 is 2.89 bits per heavy atom. The molecule has 1 aliphatic heterocycles. The van der Waals surface area contributed by atoms with Gasteiger partial charge in [-0.05, 0) is 19.8 Å². The summed E-state index contributed by atoms with van der Waals surface area (Å²) < 4.78 is 7.63. The van der Waals surface area contributed by atoms with Crippen LogP contribution in [0.4, 0.5) is 0 Å². The molecule has 0 spiro atoms. The van der Waals surface area contributed by atoms with E-state index in [0.717, 1.165) is 44.8 Å². The zero-order valence-electron chi connectivity index (χ0n) is 11.1. The number of likely N-dealkylation sites (tertiary alicyclic amines) is 1. The van der Waals surface area contributed by atoms with Gasteiger partial charge in [0.15, 0.2) is 0 Å². The van der Waals surface area contributed by atoms with Crippen LogP contribution in [0.25, 0.3) is 0 Å². The maximum atomic E-state index is 5.68. The third-order valence-electron chi connectivity index (χ3n) is 3.37. The number of aromatic nitrogens is 3. The summed E-state index contributed by atoms with van der Waals surface area (Å²) in [6.07, 6.45) is 4.19. The predicted molar refractivity (Wildman–Crippen MR) is 69.0 cm³/mol. The molecule has 1 fully saturated rings. The van der Waals surface area contributed by atoms with Gasteiger partial charge in [-0.1, -0.05) is 0 Å².